The lowest BCUT2D eigenvalue weighted by Crippen LogP contribution is -2.43. The Hall–Kier alpha value is -2.61. The molecule has 1 amide bonds. The third-order valence-electron chi connectivity index (χ3n) is 5.79. The largest absolute Gasteiger partial charge is 0.494 e. The number of ether oxygens (including phenoxy) is 1. The summed E-state index contributed by atoms with van der Waals surface area (Å²) in [5, 5.41) is 0. The molecule has 1 atom stereocenters. The second kappa shape index (κ2) is 9.68. The zero-order valence-corrected chi connectivity index (χ0v) is 18.8. The molecular weight excluding hydrogens is 421 g/mol. The number of rotatable bonds is 9. The quantitative estimate of drug-likeness (QED) is 0.526. The Bertz CT molecular complexity index is 1040. The molecule has 1 saturated carbocycles. The molecule has 0 radical (unpaired) electrons. The fraction of sp³-hybridized carbons (Fsp3) is 0.435. The van der Waals surface area contributed by atoms with Crippen molar-refractivity contribution in [2.45, 2.75) is 57.0 Å². The van der Waals surface area contributed by atoms with Crippen molar-refractivity contribution in [3.8, 4) is 11.5 Å². The average molecular weight is 450 g/mol. The Kier molecular flexibility index (Phi) is 7.20. The van der Waals surface area contributed by atoms with Gasteiger partial charge in [0.15, 0.2) is 11.6 Å². The molecule has 1 fully saturated rings. The van der Waals surface area contributed by atoms with Gasteiger partial charge in [-0.2, -0.15) is 8.42 Å². The maximum Gasteiger partial charge on any atom is 0.339 e. The number of methoxy groups -OCH3 is 1. The Labute approximate surface area is 183 Å². The van der Waals surface area contributed by atoms with Crippen LogP contribution in [0.25, 0.3) is 0 Å². The van der Waals surface area contributed by atoms with E-state index in [1.165, 1.54) is 25.3 Å². The van der Waals surface area contributed by atoms with Crippen LogP contribution in [-0.4, -0.2) is 32.4 Å². The van der Waals surface area contributed by atoms with E-state index in [1.54, 1.807) is 23.1 Å². The summed E-state index contributed by atoms with van der Waals surface area (Å²) >= 11 is 0. The van der Waals surface area contributed by atoms with Crippen molar-refractivity contribution in [3.63, 3.8) is 0 Å². The zero-order chi connectivity index (χ0) is 22.6. The first-order chi connectivity index (χ1) is 14.8. The van der Waals surface area contributed by atoms with Gasteiger partial charge < -0.3 is 13.8 Å². The molecule has 2 aromatic carbocycles. The number of carbonyl (C=O) groups excluding carboxylic acids is 1. The van der Waals surface area contributed by atoms with Gasteiger partial charge in [-0.05, 0) is 50.5 Å². The molecule has 0 bridgehead atoms. The van der Waals surface area contributed by atoms with Crippen molar-refractivity contribution in [1.29, 1.82) is 0 Å². The number of benzene rings is 2. The van der Waals surface area contributed by atoms with Gasteiger partial charge in [0, 0.05) is 24.1 Å². The van der Waals surface area contributed by atoms with Gasteiger partial charge >= 0.3 is 10.1 Å². The second-order valence-electron chi connectivity index (χ2n) is 7.79. The van der Waals surface area contributed by atoms with E-state index in [9.17, 15) is 17.6 Å². The van der Waals surface area contributed by atoms with Gasteiger partial charge in [-0.25, -0.2) is 4.39 Å². The lowest BCUT2D eigenvalue weighted by Gasteiger charge is -2.35. The van der Waals surface area contributed by atoms with E-state index < -0.39 is 15.9 Å². The summed E-state index contributed by atoms with van der Waals surface area (Å²) < 4.78 is 49.8. The molecule has 31 heavy (non-hydrogen) atoms. The van der Waals surface area contributed by atoms with E-state index in [0.29, 0.717) is 5.56 Å². The number of hydrogen-bond acceptors (Lipinski definition) is 5. The normalized spacial score (nSPS) is 15.1. The van der Waals surface area contributed by atoms with Crippen LogP contribution < -0.4 is 8.92 Å². The first-order valence-corrected chi connectivity index (χ1v) is 11.8. The third kappa shape index (κ3) is 5.18. The van der Waals surface area contributed by atoms with E-state index in [4.69, 9.17) is 8.92 Å². The fourth-order valence-corrected chi connectivity index (χ4v) is 4.41. The number of nitrogens with zero attached hydrogens (tertiary/aromatic N) is 1. The highest BCUT2D eigenvalue weighted by atomic mass is 32.2. The average Bonchev–Trinajstić information content (AvgIpc) is 2.70. The maximum atomic E-state index is 14.0. The van der Waals surface area contributed by atoms with Gasteiger partial charge in [-0.15, -0.1) is 0 Å². The predicted octanol–water partition coefficient (Wildman–Crippen LogP) is 4.53. The van der Waals surface area contributed by atoms with Crippen molar-refractivity contribution in [3.05, 3.63) is 53.8 Å². The summed E-state index contributed by atoms with van der Waals surface area (Å²) in [6.45, 7) is 4.24. The highest BCUT2D eigenvalue weighted by molar-refractivity contribution is 7.87. The van der Waals surface area contributed by atoms with Crippen LogP contribution in [0.2, 0.25) is 0 Å². The molecule has 0 aromatic heterocycles. The summed E-state index contributed by atoms with van der Waals surface area (Å²) in [7, 11) is -2.98. The first-order valence-electron chi connectivity index (χ1n) is 10.4. The third-order valence-corrected chi connectivity index (χ3v) is 7.02. The van der Waals surface area contributed by atoms with Crippen LogP contribution in [-0.2, 0) is 21.5 Å². The molecular formula is C23H28FNO5S. The highest BCUT2D eigenvalue weighted by Gasteiger charge is 2.32. The van der Waals surface area contributed by atoms with Crippen molar-refractivity contribution < 1.29 is 26.5 Å². The smallest absolute Gasteiger partial charge is 0.339 e. The minimum absolute atomic E-state index is 0.00782. The summed E-state index contributed by atoms with van der Waals surface area (Å²) in [4.78, 5) is 14.4. The molecule has 0 spiro atoms. The number of carbonyl (C=O) groups is 1. The van der Waals surface area contributed by atoms with Gasteiger partial charge in [0.1, 0.15) is 10.6 Å². The van der Waals surface area contributed by atoms with Gasteiger partial charge in [0.05, 0.1) is 7.11 Å². The van der Waals surface area contributed by atoms with E-state index >= 15 is 0 Å². The number of halogens is 1. The number of hydrogen-bond donors (Lipinski definition) is 0. The van der Waals surface area contributed by atoms with Crippen LogP contribution >= 0.6 is 0 Å². The van der Waals surface area contributed by atoms with Crippen LogP contribution in [0.1, 0.15) is 45.1 Å². The monoisotopic (exact) mass is 449 g/mol. The van der Waals surface area contributed by atoms with E-state index in [1.807, 2.05) is 13.8 Å². The van der Waals surface area contributed by atoms with E-state index in [2.05, 4.69) is 0 Å². The Morgan fingerprint density at radius 2 is 1.90 bits per heavy atom. The van der Waals surface area contributed by atoms with Gasteiger partial charge in [0.25, 0.3) is 0 Å². The van der Waals surface area contributed by atoms with Gasteiger partial charge in [-0.3, -0.25) is 4.79 Å². The van der Waals surface area contributed by atoms with Gasteiger partial charge in [0.2, 0.25) is 5.91 Å². The summed E-state index contributed by atoms with van der Waals surface area (Å²) in [5.74, 6) is -0.607. The molecule has 1 unspecified atom stereocenters. The maximum absolute atomic E-state index is 14.0. The zero-order valence-electron chi connectivity index (χ0n) is 18.0. The Morgan fingerprint density at radius 1 is 1.19 bits per heavy atom. The van der Waals surface area contributed by atoms with Crippen LogP contribution in [0.3, 0.4) is 0 Å². The van der Waals surface area contributed by atoms with E-state index in [-0.39, 0.29) is 40.8 Å². The summed E-state index contributed by atoms with van der Waals surface area (Å²) in [6.07, 6.45) is 3.62. The van der Waals surface area contributed by atoms with Crippen molar-refractivity contribution in [2.75, 3.05) is 7.11 Å². The molecule has 6 nitrogen and oxygen atoms in total. The fourth-order valence-electron chi connectivity index (χ4n) is 3.43. The Morgan fingerprint density at radius 3 is 2.48 bits per heavy atom. The first kappa shape index (κ1) is 23.1. The number of amides is 1. The standard InChI is InChI=1S/C23H28FNO5S/c1-4-16(2)25(23(26)17-9-7-10-17)15-18-8-5-6-11-21(18)30-31(27,28)19-12-13-22(29-3)20(24)14-19/h5-6,8,11-14,16-17H,4,7,9-10,15H2,1-3H3. The molecule has 3 rings (SSSR count). The topological polar surface area (TPSA) is 72.9 Å². The van der Waals surface area contributed by atoms with Crippen LogP contribution in [0.4, 0.5) is 4.39 Å². The minimum atomic E-state index is -4.27. The van der Waals surface area contributed by atoms with Crippen LogP contribution in [0.5, 0.6) is 11.5 Å². The van der Waals surface area contributed by atoms with Crippen molar-refractivity contribution in [2.24, 2.45) is 5.92 Å². The van der Waals surface area contributed by atoms with Crippen LogP contribution in [0, 0.1) is 11.7 Å². The lowest BCUT2D eigenvalue weighted by molar-refractivity contribution is -0.141. The molecule has 168 valence electrons. The molecule has 0 heterocycles. The molecule has 2 aromatic rings. The van der Waals surface area contributed by atoms with E-state index in [0.717, 1.165) is 31.7 Å². The molecule has 0 N–H and O–H groups in total. The van der Waals surface area contributed by atoms with Crippen molar-refractivity contribution >= 4 is 16.0 Å². The second-order valence-corrected chi connectivity index (χ2v) is 9.34. The lowest BCUT2D eigenvalue weighted by atomic mass is 9.84. The molecule has 0 aliphatic heterocycles. The van der Waals surface area contributed by atoms with Crippen molar-refractivity contribution in [1.82, 2.24) is 4.90 Å². The van der Waals surface area contributed by atoms with Crippen LogP contribution in [0.15, 0.2) is 47.4 Å². The molecule has 1 aliphatic rings. The number of para-hydroxylation sites is 1. The summed E-state index contributed by atoms with van der Waals surface area (Å²) in [5.41, 5.74) is 0.577. The minimum Gasteiger partial charge on any atom is -0.494 e. The van der Waals surface area contributed by atoms with Gasteiger partial charge in [-0.1, -0.05) is 31.5 Å². The predicted molar refractivity (Wildman–Crippen MR) is 115 cm³/mol. The highest BCUT2D eigenvalue weighted by Crippen LogP contribution is 2.32. The molecule has 1 aliphatic carbocycles. The Balaban J connectivity index is 1.86. The summed E-state index contributed by atoms with van der Waals surface area (Å²) in [6, 6.07) is 10.0. The molecule has 8 heteroatoms. The molecule has 0 saturated heterocycles. The SMILES string of the molecule is CCC(C)N(Cc1ccccc1OS(=O)(=O)c1ccc(OC)c(F)c1)C(=O)C1CCC1.